The Balaban J connectivity index is 1.51. The molecule has 38 heavy (non-hydrogen) atoms. The van der Waals surface area contributed by atoms with E-state index < -0.39 is 11.7 Å². The van der Waals surface area contributed by atoms with Crippen LogP contribution in [0.2, 0.25) is 0 Å². The van der Waals surface area contributed by atoms with E-state index in [1.807, 2.05) is 48.5 Å². The van der Waals surface area contributed by atoms with E-state index in [2.05, 4.69) is 0 Å². The third-order valence-corrected chi connectivity index (χ3v) is 7.45. The number of alkyl halides is 3. The standard InChI is InChI=1S/C30H23F3N2O2S/c1-34(18-20-7-3-2-4-8-20)28(36)22-13-16-27-25(17-22)35(29(37)24-9-5-6-10-26(24)38-27)19-21-11-14-23(15-12-21)30(31,32)33/h2-17H,18-19H2,1H3. The van der Waals surface area contributed by atoms with Gasteiger partial charge in [0.05, 0.1) is 23.4 Å². The summed E-state index contributed by atoms with van der Waals surface area (Å²) in [5.74, 6) is -0.487. The van der Waals surface area contributed by atoms with Crippen molar-refractivity contribution in [2.45, 2.75) is 29.1 Å². The van der Waals surface area contributed by atoms with Gasteiger partial charge in [-0.2, -0.15) is 13.2 Å². The molecule has 1 aliphatic heterocycles. The molecule has 0 bridgehead atoms. The smallest absolute Gasteiger partial charge is 0.337 e. The second-order valence-corrected chi connectivity index (χ2v) is 10.1. The van der Waals surface area contributed by atoms with E-state index in [0.29, 0.717) is 28.9 Å². The van der Waals surface area contributed by atoms with Crippen LogP contribution >= 0.6 is 11.8 Å². The van der Waals surface area contributed by atoms with Crippen molar-refractivity contribution in [3.8, 4) is 0 Å². The van der Waals surface area contributed by atoms with E-state index in [1.54, 1.807) is 36.2 Å². The number of amides is 2. The monoisotopic (exact) mass is 532 g/mol. The lowest BCUT2D eigenvalue weighted by Crippen LogP contribution is -2.31. The van der Waals surface area contributed by atoms with Crippen LogP contribution in [-0.4, -0.2) is 23.8 Å². The Labute approximate surface area is 222 Å². The summed E-state index contributed by atoms with van der Waals surface area (Å²) in [7, 11) is 1.72. The fourth-order valence-corrected chi connectivity index (χ4v) is 5.40. The lowest BCUT2D eigenvalue weighted by atomic mass is 10.1. The molecule has 0 aliphatic carbocycles. The zero-order valence-corrected chi connectivity index (χ0v) is 21.2. The number of carbonyl (C=O) groups excluding carboxylic acids is 2. The average Bonchev–Trinajstić information content (AvgIpc) is 3.02. The molecule has 0 aromatic heterocycles. The van der Waals surface area contributed by atoms with Gasteiger partial charge in [-0.05, 0) is 53.6 Å². The third-order valence-electron chi connectivity index (χ3n) is 6.31. The summed E-state index contributed by atoms with van der Waals surface area (Å²) in [6, 6.07) is 26.9. The summed E-state index contributed by atoms with van der Waals surface area (Å²) >= 11 is 1.42. The Morgan fingerprint density at radius 2 is 1.53 bits per heavy atom. The van der Waals surface area contributed by atoms with Crippen molar-refractivity contribution < 1.29 is 22.8 Å². The number of benzene rings is 4. The highest BCUT2D eigenvalue weighted by Crippen LogP contribution is 2.42. The van der Waals surface area contributed by atoms with Crippen LogP contribution in [0.3, 0.4) is 0 Å². The van der Waals surface area contributed by atoms with E-state index in [4.69, 9.17) is 0 Å². The molecule has 2 amide bonds. The van der Waals surface area contributed by atoms with E-state index in [-0.39, 0.29) is 18.4 Å². The average molecular weight is 533 g/mol. The van der Waals surface area contributed by atoms with E-state index in [1.165, 1.54) is 28.8 Å². The largest absolute Gasteiger partial charge is 0.416 e. The van der Waals surface area contributed by atoms with Crippen LogP contribution in [-0.2, 0) is 19.3 Å². The second kappa shape index (κ2) is 10.4. The third kappa shape index (κ3) is 5.31. The van der Waals surface area contributed by atoms with Gasteiger partial charge < -0.3 is 9.80 Å². The van der Waals surface area contributed by atoms with Gasteiger partial charge in [-0.25, -0.2) is 0 Å². The number of halogens is 3. The molecule has 0 N–H and O–H groups in total. The highest BCUT2D eigenvalue weighted by Gasteiger charge is 2.31. The number of nitrogens with zero attached hydrogens (tertiary/aromatic N) is 2. The van der Waals surface area contributed by atoms with Crippen molar-refractivity contribution in [1.29, 1.82) is 0 Å². The van der Waals surface area contributed by atoms with Gasteiger partial charge in [0.15, 0.2) is 0 Å². The van der Waals surface area contributed by atoms with Crippen LogP contribution in [0, 0.1) is 0 Å². The molecule has 5 rings (SSSR count). The summed E-state index contributed by atoms with van der Waals surface area (Å²) in [6.45, 7) is 0.474. The fourth-order valence-electron chi connectivity index (χ4n) is 4.34. The molecular formula is C30H23F3N2O2S. The number of rotatable bonds is 5. The van der Waals surface area contributed by atoms with E-state index in [0.717, 1.165) is 27.5 Å². The van der Waals surface area contributed by atoms with Crippen molar-refractivity contribution in [1.82, 2.24) is 4.90 Å². The van der Waals surface area contributed by atoms with Crippen LogP contribution in [0.25, 0.3) is 0 Å². The Hall–Kier alpha value is -4.04. The Kier molecular flexibility index (Phi) is 6.99. The maximum absolute atomic E-state index is 13.7. The minimum Gasteiger partial charge on any atom is -0.337 e. The normalized spacial score (nSPS) is 12.9. The van der Waals surface area contributed by atoms with E-state index >= 15 is 0 Å². The van der Waals surface area contributed by atoms with Crippen LogP contribution in [0.15, 0.2) is 107 Å². The minimum absolute atomic E-state index is 0.0519. The number of hydrogen-bond donors (Lipinski definition) is 0. The van der Waals surface area contributed by atoms with Gasteiger partial charge in [-0.15, -0.1) is 0 Å². The molecule has 0 unspecified atom stereocenters. The van der Waals surface area contributed by atoms with Crippen LogP contribution in [0.4, 0.5) is 18.9 Å². The Bertz CT molecular complexity index is 1490. The lowest BCUT2D eigenvalue weighted by Gasteiger charge is -2.25. The molecule has 0 spiro atoms. The van der Waals surface area contributed by atoms with Gasteiger partial charge in [0, 0.05) is 28.9 Å². The van der Waals surface area contributed by atoms with Gasteiger partial charge in [-0.1, -0.05) is 66.4 Å². The van der Waals surface area contributed by atoms with Crippen LogP contribution in [0.1, 0.15) is 37.4 Å². The molecule has 0 saturated heterocycles. The maximum atomic E-state index is 13.7. The first-order valence-corrected chi connectivity index (χ1v) is 12.7. The number of hydrogen-bond acceptors (Lipinski definition) is 3. The van der Waals surface area contributed by atoms with Gasteiger partial charge in [0.25, 0.3) is 11.8 Å². The molecule has 4 aromatic rings. The second-order valence-electron chi connectivity index (χ2n) is 9.01. The lowest BCUT2D eigenvalue weighted by molar-refractivity contribution is -0.137. The molecule has 8 heteroatoms. The van der Waals surface area contributed by atoms with E-state index in [9.17, 15) is 22.8 Å². The SMILES string of the molecule is CN(Cc1ccccc1)C(=O)c1ccc2c(c1)N(Cc1ccc(C(F)(F)F)cc1)C(=O)c1ccccc1S2. The highest BCUT2D eigenvalue weighted by atomic mass is 32.2. The Morgan fingerprint density at radius 3 is 2.24 bits per heavy atom. The van der Waals surface area contributed by atoms with Crippen molar-refractivity contribution in [2.75, 3.05) is 11.9 Å². The summed E-state index contributed by atoms with van der Waals surface area (Å²) in [4.78, 5) is 31.7. The van der Waals surface area contributed by atoms with Crippen LogP contribution in [0.5, 0.6) is 0 Å². The zero-order chi connectivity index (χ0) is 26.9. The quantitative estimate of drug-likeness (QED) is 0.271. The fraction of sp³-hybridized carbons (Fsp3) is 0.133. The molecule has 1 heterocycles. The molecule has 192 valence electrons. The molecule has 0 fully saturated rings. The summed E-state index contributed by atoms with van der Waals surface area (Å²) < 4.78 is 39.2. The zero-order valence-electron chi connectivity index (χ0n) is 20.4. The number of carbonyl (C=O) groups is 2. The molecule has 0 atom stereocenters. The van der Waals surface area contributed by atoms with Gasteiger partial charge in [0.2, 0.25) is 0 Å². The molecule has 1 aliphatic rings. The topological polar surface area (TPSA) is 40.6 Å². The molecule has 4 aromatic carbocycles. The molecular weight excluding hydrogens is 509 g/mol. The van der Waals surface area contributed by atoms with Crippen LogP contribution < -0.4 is 4.90 Å². The summed E-state index contributed by atoms with van der Waals surface area (Å²) in [6.07, 6.45) is -4.44. The first kappa shape index (κ1) is 25.6. The summed E-state index contributed by atoms with van der Waals surface area (Å²) in [5, 5.41) is 0. The molecule has 4 nitrogen and oxygen atoms in total. The predicted molar refractivity (Wildman–Crippen MR) is 141 cm³/mol. The Morgan fingerprint density at radius 1 is 0.842 bits per heavy atom. The van der Waals surface area contributed by atoms with Gasteiger partial charge in [0.1, 0.15) is 0 Å². The summed E-state index contributed by atoms with van der Waals surface area (Å²) in [5.41, 5.74) is 2.23. The first-order valence-electron chi connectivity index (χ1n) is 11.9. The minimum atomic E-state index is -4.44. The molecule has 0 saturated carbocycles. The van der Waals surface area contributed by atoms with Crippen molar-refractivity contribution >= 4 is 29.3 Å². The highest BCUT2D eigenvalue weighted by molar-refractivity contribution is 7.99. The molecule has 0 radical (unpaired) electrons. The predicted octanol–water partition coefficient (Wildman–Crippen LogP) is 7.29. The van der Waals surface area contributed by atoms with Crippen molar-refractivity contribution in [2.24, 2.45) is 0 Å². The van der Waals surface area contributed by atoms with Crippen molar-refractivity contribution in [3.05, 3.63) is 125 Å². The van der Waals surface area contributed by atoms with Gasteiger partial charge >= 0.3 is 6.18 Å². The number of anilines is 1. The van der Waals surface area contributed by atoms with Gasteiger partial charge in [-0.3, -0.25) is 9.59 Å². The number of fused-ring (bicyclic) bond motifs is 2. The van der Waals surface area contributed by atoms with Crippen molar-refractivity contribution in [3.63, 3.8) is 0 Å². The maximum Gasteiger partial charge on any atom is 0.416 e. The first-order chi connectivity index (χ1) is 18.2.